The van der Waals surface area contributed by atoms with Gasteiger partial charge in [-0.25, -0.2) is 0 Å². The average Bonchev–Trinajstić information content (AvgIpc) is 2.51. The molecule has 2 aromatic rings. The molecule has 0 bridgehead atoms. The molecule has 5 nitrogen and oxygen atoms in total. The number of nitro benzene ring substituents is 1. The van der Waals surface area contributed by atoms with Crippen molar-refractivity contribution in [1.29, 1.82) is 0 Å². The summed E-state index contributed by atoms with van der Waals surface area (Å²) < 4.78 is 0. The molecule has 7 heteroatoms. The third-order valence-corrected chi connectivity index (χ3v) is 3.65. The number of ketones is 1. The summed E-state index contributed by atoms with van der Waals surface area (Å²) in [5.41, 5.74) is 0.761. The van der Waals surface area contributed by atoms with Gasteiger partial charge in [0.05, 0.1) is 4.92 Å². The third-order valence-electron chi connectivity index (χ3n) is 3.04. The Hall–Kier alpha value is -2.37. The van der Waals surface area contributed by atoms with Crippen LogP contribution in [0.2, 0.25) is 10.0 Å². The zero-order valence-electron chi connectivity index (χ0n) is 11.7. The smallest absolute Gasteiger partial charge is 0.269 e. The van der Waals surface area contributed by atoms with E-state index in [1.54, 1.807) is 18.2 Å². The van der Waals surface area contributed by atoms with Crippen molar-refractivity contribution in [2.24, 2.45) is 0 Å². The van der Waals surface area contributed by atoms with Crippen LogP contribution in [0, 0.1) is 10.1 Å². The summed E-state index contributed by atoms with van der Waals surface area (Å²) in [6.45, 7) is 0. The first-order valence-electron chi connectivity index (χ1n) is 6.49. The van der Waals surface area contributed by atoms with Crippen molar-refractivity contribution in [1.82, 2.24) is 0 Å². The van der Waals surface area contributed by atoms with Crippen LogP contribution in [0.25, 0.3) is 5.76 Å². The number of hydrogen-bond acceptors (Lipinski definition) is 4. The maximum atomic E-state index is 12.0. The number of benzene rings is 2. The zero-order chi connectivity index (χ0) is 17.0. The van der Waals surface area contributed by atoms with E-state index in [9.17, 15) is 20.0 Å². The summed E-state index contributed by atoms with van der Waals surface area (Å²) in [5, 5.41) is 21.4. The number of carbonyl (C=O) groups is 1. The molecule has 2 aromatic carbocycles. The number of rotatable bonds is 5. The number of aliphatic hydroxyl groups is 1. The van der Waals surface area contributed by atoms with Crippen molar-refractivity contribution < 1.29 is 14.8 Å². The first-order chi connectivity index (χ1) is 10.9. The molecule has 118 valence electrons. The van der Waals surface area contributed by atoms with E-state index in [2.05, 4.69) is 0 Å². The van der Waals surface area contributed by atoms with E-state index in [0.29, 0.717) is 21.2 Å². The van der Waals surface area contributed by atoms with E-state index >= 15 is 0 Å². The molecule has 0 saturated heterocycles. The second kappa shape index (κ2) is 7.26. The molecule has 0 aromatic heterocycles. The van der Waals surface area contributed by atoms with Crippen molar-refractivity contribution >= 4 is 40.4 Å². The highest BCUT2D eigenvalue weighted by Crippen LogP contribution is 2.22. The van der Waals surface area contributed by atoms with Crippen LogP contribution < -0.4 is 0 Å². The van der Waals surface area contributed by atoms with E-state index in [-0.39, 0.29) is 23.7 Å². The summed E-state index contributed by atoms with van der Waals surface area (Å²) >= 11 is 11.8. The van der Waals surface area contributed by atoms with Gasteiger partial charge in [0.25, 0.3) is 5.69 Å². The van der Waals surface area contributed by atoms with Gasteiger partial charge in [-0.3, -0.25) is 14.9 Å². The van der Waals surface area contributed by atoms with Gasteiger partial charge >= 0.3 is 0 Å². The van der Waals surface area contributed by atoms with Crippen LogP contribution in [-0.2, 0) is 11.2 Å². The predicted molar refractivity (Wildman–Crippen MR) is 88.9 cm³/mol. The van der Waals surface area contributed by atoms with Crippen molar-refractivity contribution in [2.45, 2.75) is 6.42 Å². The van der Waals surface area contributed by atoms with E-state index in [1.165, 1.54) is 24.3 Å². The monoisotopic (exact) mass is 351 g/mol. The number of carbonyl (C=O) groups excluding carboxylic acids is 1. The lowest BCUT2D eigenvalue weighted by Gasteiger charge is -2.03. The Morgan fingerprint density at radius 3 is 2.43 bits per heavy atom. The van der Waals surface area contributed by atoms with Crippen LogP contribution in [0.1, 0.15) is 11.1 Å². The Morgan fingerprint density at radius 2 is 1.83 bits per heavy atom. The highest BCUT2D eigenvalue weighted by atomic mass is 35.5. The standard InChI is InChI=1S/C16H11Cl2NO4/c17-12-3-6-15(18)11(7-12)8-14(20)9-16(21)10-1-4-13(5-2-10)19(22)23/h1-7,9,21H,8H2/b16-9-. The summed E-state index contributed by atoms with van der Waals surface area (Å²) in [4.78, 5) is 22.0. The fourth-order valence-corrected chi connectivity index (χ4v) is 2.29. The molecule has 23 heavy (non-hydrogen) atoms. The molecular weight excluding hydrogens is 341 g/mol. The van der Waals surface area contributed by atoms with Gasteiger partial charge in [0.15, 0.2) is 5.78 Å². The third kappa shape index (κ3) is 4.55. The minimum atomic E-state index is -0.545. The lowest BCUT2D eigenvalue weighted by Crippen LogP contribution is -2.01. The quantitative estimate of drug-likeness (QED) is 0.369. The first-order valence-corrected chi connectivity index (χ1v) is 7.24. The van der Waals surface area contributed by atoms with Crippen LogP contribution in [0.15, 0.2) is 48.5 Å². The molecule has 0 unspecified atom stereocenters. The molecule has 0 aliphatic carbocycles. The molecule has 0 saturated carbocycles. The maximum Gasteiger partial charge on any atom is 0.269 e. The molecule has 2 rings (SSSR count). The van der Waals surface area contributed by atoms with Gasteiger partial charge in [0.1, 0.15) is 5.76 Å². The molecule has 0 spiro atoms. The SMILES string of the molecule is O=C(/C=C(\O)c1ccc([N+](=O)[O-])cc1)Cc1cc(Cl)ccc1Cl. The van der Waals surface area contributed by atoms with Crippen LogP contribution >= 0.6 is 23.2 Å². The van der Waals surface area contributed by atoms with Gasteiger partial charge in [-0.15, -0.1) is 0 Å². The minimum absolute atomic E-state index is 0.0174. The van der Waals surface area contributed by atoms with Crippen LogP contribution in [0.3, 0.4) is 0 Å². The van der Waals surface area contributed by atoms with E-state index < -0.39 is 4.92 Å². The normalized spacial score (nSPS) is 11.3. The predicted octanol–water partition coefficient (Wildman–Crippen LogP) is 4.61. The fraction of sp³-hybridized carbons (Fsp3) is 0.0625. The van der Waals surface area contributed by atoms with Crippen molar-refractivity contribution in [3.63, 3.8) is 0 Å². The number of nitro groups is 1. The van der Waals surface area contributed by atoms with Crippen molar-refractivity contribution in [3.8, 4) is 0 Å². The molecule has 0 fully saturated rings. The lowest BCUT2D eigenvalue weighted by molar-refractivity contribution is -0.384. The topological polar surface area (TPSA) is 80.4 Å². The van der Waals surface area contributed by atoms with Crippen LogP contribution in [-0.4, -0.2) is 15.8 Å². The largest absolute Gasteiger partial charge is 0.507 e. The highest BCUT2D eigenvalue weighted by molar-refractivity contribution is 6.33. The van der Waals surface area contributed by atoms with Crippen molar-refractivity contribution in [2.75, 3.05) is 0 Å². The second-order valence-corrected chi connectivity index (χ2v) is 5.56. The molecule has 1 N–H and O–H groups in total. The van der Waals surface area contributed by atoms with Gasteiger partial charge in [-0.1, -0.05) is 23.2 Å². The first kappa shape index (κ1) is 17.0. The number of non-ortho nitro benzene ring substituents is 1. The Morgan fingerprint density at radius 1 is 1.17 bits per heavy atom. The van der Waals surface area contributed by atoms with Crippen molar-refractivity contribution in [3.05, 3.63) is 79.8 Å². The Bertz CT molecular complexity index is 785. The second-order valence-electron chi connectivity index (χ2n) is 4.71. The molecule has 0 heterocycles. The summed E-state index contributed by atoms with van der Waals surface area (Å²) in [6, 6.07) is 10.0. The number of allylic oxidation sites excluding steroid dienone is 1. The zero-order valence-corrected chi connectivity index (χ0v) is 13.2. The number of halogens is 2. The number of nitrogens with zero attached hydrogens (tertiary/aromatic N) is 1. The van der Waals surface area contributed by atoms with Crippen LogP contribution in [0.5, 0.6) is 0 Å². The molecule has 0 amide bonds. The summed E-state index contributed by atoms with van der Waals surface area (Å²) in [6.07, 6.45) is 1.04. The summed E-state index contributed by atoms with van der Waals surface area (Å²) in [7, 11) is 0. The van der Waals surface area contributed by atoms with Crippen LogP contribution in [0.4, 0.5) is 5.69 Å². The minimum Gasteiger partial charge on any atom is -0.507 e. The highest BCUT2D eigenvalue weighted by Gasteiger charge is 2.10. The van der Waals surface area contributed by atoms with E-state index in [4.69, 9.17) is 23.2 Å². The number of hydrogen-bond donors (Lipinski definition) is 1. The van der Waals surface area contributed by atoms with Gasteiger partial charge < -0.3 is 5.11 Å². The van der Waals surface area contributed by atoms with Gasteiger partial charge in [0, 0.05) is 40.2 Å². The number of aliphatic hydroxyl groups excluding tert-OH is 1. The lowest BCUT2D eigenvalue weighted by atomic mass is 10.1. The van der Waals surface area contributed by atoms with Gasteiger partial charge in [-0.05, 0) is 35.9 Å². The fourth-order valence-electron chi connectivity index (χ4n) is 1.91. The molecule has 0 radical (unpaired) electrons. The Labute approximate surface area is 141 Å². The molecule has 0 aliphatic heterocycles. The Kier molecular flexibility index (Phi) is 5.36. The molecule has 0 aliphatic rings. The summed E-state index contributed by atoms with van der Waals surface area (Å²) in [5.74, 6) is -0.645. The maximum absolute atomic E-state index is 12.0. The average molecular weight is 352 g/mol. The van der Waals surface area contributed by atoms with Gasteiger partial charge in [0.2, 0.25) is 0 Å². The van der Waals surface area contributed by atoms with E-state index in [0.717, 1.165) is 6.08 Å². The van der Waals surface area contributed by atoms with E-state index in [1.807, 2.05) is 0 Å². The Balaban J connectivity index is 2.15. The van der Waals surface area contributed by atoms with Gasteiger partial charge in [-0.2, -0.15) is 0 Å². The molecular formula is C16H11Cl2NO4. The molecule has 0 atom stereocenters.